The molecule has 0 radical (unpaired) electrons. The number of nitrogens with zero attached hydrogens (tertiary/aromatic N) is 1. The number of ether oxygens (including phenoxy) is 1. The largest absolute Gasteiger partial charge is 0.494 e. The number of hydrogen-bond acceptors (Lipinski definition) is 2. The fraction of sp³-hybridized carbons (Fsp3) is 0.400. The van der Waals surface area contributed by atoms with E-state index >= 15 is 0 Å². The van der Waals surface area contributed by atoms with Crippen molar-refractivity contribution in [2.75, 3.05) is 13.7 Å². The van der Waals surface area contributed by atoms with E-state index in [-0.39, 0.29) is 11.8 Å². The van der Waals surface area contributed by atoms with Crippen molar-refractivity contribution in [3.63, 3.8) is 0 Å². The van der Waals surface area contributed by atoms with Crippen LogP contribution in [0.4, 0.5) is 0 Å². The van der Waals surface area contributed by atoms with E-state index in [1.54, 1.807) is 18.0 Å². The zero-order chi connectivity index (χ0) is 14.0. The number of allylic oxidation sites excluding steroid dienone is 1. The summed E-state index contributed by atoms with van der Waals surface area (Å²) in [6, 6.07) is 5.57. The molecule has 19 heavy (non-hydrogen) atoms. The molecule has 0 saturated heterocycles. The molecule has 0 aliphatic carbocycles. The molecule has 1 heterocycles. The molecular formula is C15H18ClNO2. The van der Waals surface area contributed by atoms with Gasteiger partial charge in [0.15, 0.2) is 0 Å². The zero-order valence-electron chi connectivity index (χ0n) is 11.4. The molecule has 4 heteroatoms. The quantitative estimate of drug-likeness (QED) is 0.846. The smallest absolute Gasteiger partial charge is 0.229 e. The highest BCUT2D eigenvalue weighted by Crippen LogP contribution is 2.33. The second-order valence-electron chi connectivity index (χ2n) is 4.70. The lowest BCUT2D eigenvalue weighted by atomic mass is 9.98. The lowest BCUT2D eigenvalue weighted by Gasteiger charge is -2.29. The maximum Gasteiger partial charge on any atom is 0.229 e. The third-order valence-electron chi connectivity index (χ3n) is 3.31. The average molecular weight is 280 g/mol. The van der Waals surface area contributed by atoms with Crippen LogP contribution < -0.4 is 4.74 Å². The number of halogens is 1. The van der Waals surface area contributed by atoms with Crippen LogP contribution in [0.1, 0.15) is 25.8 Å². The van der Waals surface area contributed by atoms with Crippen LogP contribution in [0.15, 0.2) is 24.3 Å². The maximum atomic E-state index is 12.0. The van der Waals surface area contributed by atoms with E-state index in [2.05, 4.69) is 6.08 Å². The first kappa shape index (κ1) is 13.9. The van der Waals surface area contributed by atoms with Crippen molar-refractivity contribution in [3.05, 3.63) is 34.9 Å². The molecule has 1 aliphatic heterocycles. The molecule has 0 N–H and O–H groups in total. The monoisotopic (exact) mass is 279 g/mol. The molecule has 2 rings (SSSR count). The van der Waals surface area contributed by atoms with Gasteiger partial charge >= 0.3 is 0 Å². The summed E-state index contributed by atoms with van der Waals surface area (Å²) in [5.74, 6) is 0.910. The molecule has 1 unspecified atom stereocenters. The van der Waals surface area contributed by atoms with Gasteiger partial charge in [-0.2, -0.15) is 0 Å². The highest BCUT2D eigenvalue weighted by atomic mass is 35.5. The predicted molar refractivity (Wildman–Crippen MR) is 77.1 cm³/mol. The molecule has 1 aliphatic rings. The number of benzene rings is 1. The first-order chi connectivity index (χ1) is 9.04. The minimum Gasteiger partial charge on any atom is -0.494 e. The normalized spacial score (nSPS) is 19.4. The first-order valence-corrected chi connectivity index (χ1v) is 6.82. The molecule has 1 atom stereocenters. The highest BCUT2D eigenvalue weighted by molar-refractivity contribution is 6.32. The van der Waals surface area contributed by atoms with Crippen LogP contribution in [-0.2, 0) is 4.79 Å². The van der Waals surface area contributed by atoms with Crippen LogP contribution in [-0.4, -0.2) is 24.5 Å². The van der Waals surface area contributed by atoms with Gasteiger partial charge in [0.2, 0.25) is 5.91 Å². The molecule has 3 nitrogen and oxygen atoms in total. The zero-order valence-corrected chi connectivity index (χ0v) is 12.2. The summed E-state index contributed by atoms with van der Waals surface area (Å²) in [4.78, 5) is 13.7. The predicted octanol–water partition coefficient (Wildman–Crippen LogP) is 3.58. The lowest BCUT2D eigenvalue weighted by Crippen LogP contribution is -2.33. The Labute approximate surface area is 118 Å². The van der Waals surface area contributed by atoms with Crippen molar-refractivity contribution >= 4 is 23.2 Å². The van der Waals surface area contributed by atoms with Crippen LogP contribution in [0, 0.1) is 5.92 Å². The van der Waals surface area contributed by atoms with Gasteiger partial charge in [-0.15, -0.1) is 0 Å². The van der Waals surface area contributed by atoms with E-state index in [1.165, 1.54) is 0 Å². The highest BCUT2D eigenvalue weighted by Gasteiger charge is 2.26. The minimum atomic E-state index is 0.0372. The summed E-state index contributed by atoms with van der Waals surface area (Å²) in [6.45, 7) is 4.47. The van der Waals surface area contributed by atoms with Crippen LogP contribution in [0.3, 0.4) is 0 Å². The van der Waals surface area contributed by atoms with Crippen LogP contribution >= 0.6 is 11.6 Å². The summed E-state index contributed by atoms with van der Waals surface area (Å²) < 4.78 is 5.41. The van der Waals surface area contributed by atoms with E-state index in [9.17, 15) is 4.79 Å². The Kier molecular flexibility index (Phi) is 4.15. The van der Waals surface area contributed by atoms with E-state index in [0.29, 0.717) is 11.6 Å². The Morgan fingerprint density at radius 2 is 2.21 bits per heavy atom. The fourth-order valence-corrected chi connectivity index (χ4v) is 2.49. The lowest BCUT2D eigenvalue weighted by molar-refractivity contribution is -0.131. The van der Waals surface area contributed by atoms with Gasteiger partial charge in [-0.25, -0.2) is 0 Å². The van der Waals surface area contributed by atoms with Gasteiger partial charge in [0, 0.05) is 24.2 Å². The number of carbonyl (C=O) groups is 1. The molecule has 1 aromatic rings. The van der Waals surface area contributed by atoms with Crippen LogP contribution in [0.5, 0.6) is 5.75 Å². The Hall–Kier alpha value is -1.48. The minimum absolute atomic E-state index is 0.0372. The van der Waals surface area contributed by atoms with Gasteiger partial charge in [0.05, 0.1) is 11.6 Å². The average Bonchev–Trinajstić information content (AvgIpc) is 2.38. The van der Waals surface area contributed by atoms with Crippen molar-refractivity contribution in [1.29, 1.82) is 0 Å². The standard InChI is InChI=1S/C15H18ClNO2/c1-4-19-11-6-7-12(13(16)9-11)14-8-5-10(2)15(18)17(14)3/h6-10H,4-5H2,1-3H3. The number of rotatable bonds is 3. The second kappa shape index (κ2) is 5.66. The van der Waals surface area contributed by atoms with Crippen molar-refractivity contribution in [2.45, 2.75) is 20.3 Å². The Bertz CT molecular complexity index is 525. The van der Waals surface area contributed by atoms with Crippen LogP contribution in [0.25, 0.3) is 5.70 Å². The molecule has 1 amide bonds. The van der Waals surface area contributed by atoms with E-state index < -0.39 is 0 Å². The van der Waals surface area contributed by atoms with Gasteiger partial charge in [-0.1, -0.05) is 24.6 Å². The third-order valence-corrected chi connectivity index (χ3v) is 3.62. The van der Waals surface area contributed by atoms with Crippen molar-refractivity contribution < 1.29 is 9.53 Å². The molecule has 0 saturated carbocycles. The van der Waals surface area contributed by atoms with Crippen molar-refractivity contribution in [2.24, 2.45) is 5.92 Å². The van der Waals surface area contributed by atoms with Crippen molar-refractivity contribution in [3.8, 4) is 5.75 Å². The molecule has 0 bridgehead atoms. The van der Waals surface area contributed by atoms with E-state index in [4.69, 9.17) is 16.3 Å². The summed E-state index contributed by atoms with van der Waals surface area (Å²) in [7, 11) is 1.79. The van der Waals surface area contributed by atoms with Gasteiger partial charge in [-0.3, -0.25) is 4.79 Å². The second-order valence-corrected chi connectivity index (χ2v) is 5.11. The molecule has 0 aromatic heterocycles. The number of hydrogen-bond donors (Lipinski definition) is 0. The SMILES string of the molecule is CCOc1ccc(C2=CCC(C)C(=O)N2C)c(Cl)c1. The first-order valence-electron chi connectivity index (χ1n) is 6.45. The molecule has 102 valence electrons. The summed E-state index contributed by atoms with van der Waals surface area (Å²) in [6.07, 6.45) is 2.82. The Balaban J connectivity index is 2.34. The van der Waals surface area contributed by atoms with Gasteiger partial charge in [0.1, 0.15) is 5.75 Å². The van der Waals surface area contributed by atoms with Gasteiger partial charge in [-0.05, 0) is 31.5 Å². The third kappa shape index (κ3) is 2.76. The topological polar surface area (TPSA) is 29.5 Å². The molecule has 0 spiro atoms. The fourth-order valence-electron chi connectivity index (χ4n) is 2.23. The summed E-state index contributed by atoms with van der Waals surface area (Å²) in [5, 5.41) is 0.603. The Morgan fingerprint density at radius 3 is 2.84 bits per heavy atom. The summed E-state index contributed by atoms with van der Waals surface area (Å²) in [5.41, 5.74) is 1.74. The molecular weight excluding hydrogens is 262 g/mol. The summed E-state index contributed by atoms with van der Waals surface area (Å²) >= 11 is 6.29. The van der Waals surface area contributed by atoms with Gasteiger partial charge < -0.3 is 9.64 Å². The maximum absolute atomic E-state index is 12.0. The Morgan fingerprint density at radius 1 is 1.47 bits per heavy atom. The van der Waals surface area contributed by atoms with Crippen molar-refractivity contribution in [1.82, 2.24) is 4.90 Å². The number of amides is 1. The molecule has 1 aromatic carbocycles. The van der Waals surface area contributed by atoms with Crippen LogP contribution in [0.2, 0.25) is 5.02 Å². The van der Waals surface area contributed by atoms with Gasteiger partial charge in [0.25, 0.3) is 0 Å². The number of carbonyl (C=O) groups excluding carboxylic acids is 1. The van der Waals surface area contributed by atoms with E-state index in [1.807, 2.05) is 26.0 Å². The van der Waals surface area contributed by atoms with E-state index in [0.717, 1.165) is 23.4 Å². The molecule has 0 fully saturated rings.